The molecule has 0 amide bonds. The number of nitro groups is 1. The number of pyridine rings is 1. The number of rotatable bonds is 5. The molecule has 3 aromatic carbocycles. The zero-order valence-corrected chi connectivity index (χ0v) is 19.7. The monoisotopic (exact) mass is 532 g/mol. The third kappa shape index (κ3) is 4.33. The van der Waals surface area contributed by atoms with Crippen LogP contribution in [0.25, 0.3) is 28.1 Å². The predicted octanol–water partition coefficient (Wildman–Crippen LogP) is 5.53. The molecule has 0 radical (unpaired) electrons. The molecule has 0 saturated heterocycles. The normalized spacial score (nSPS) is 12.7. The molecule has 8 nitrogen and oxygen atoms in total. The Balaban J connectivity index is 1.66. The zero-order valence-electron chi connectivity index (χ0n) is 18.1. The highest BCUT2D eigenvalue weighted by Crippen LogP contribution is 2.37. The first kappa shape index (κ1) is 22.5. The van der Waals surface area contributed by atoms with Crippen LogP contribution < -0.4 is 15.0 Å². The Morgan fingerprint density at radius 2 is 1.74 bits per heavy atom. The van der Waals surface area contributed by atoms with Crippen molar-refractivity contribution in [3.63, 3.8) is 0 Å². The van der Waals surface area contributed by atoms with Crippen LogP contribution in [-0.2, 0) is 0 Å². The molecule has 0 fully saturated rings. The highest BCUT2D eigenvalue weighted by atomic mass is 79.9. The van der Waals surface area contributed by atoms with Gasteiger partial charge in [-0.15, -0.1) is 0 Å². The summed E-state index contributed by atoms with van der Waals surface area (Å²) >= 11 is 3.46. The highest BCUT2D eigenvalue weighted by Gasteiger charge is 2.23. The minimum Gasteiger partial charge on any atom is -0.486 e. The topological polar surface area (TPSA) is 112 Å². The van der Waals surface area contributed by atoms with E-state index in [0.29, 0.717) is 41.0 Å². The second-order valence-corrected chi connectivity index (χ2v) is 8.69. The van der Waals surface area contributed by atoms with E-state index in [0.717, 1.165) is 4.47 Å². The summed E-state index contributed by atoms with van der Waals surface area (Å²) in [7, 11) is 0. The van der Waals surface area contributed by atoms with Gasteiger partial charge in [0.15, 0.2) is 17.3 Å². The quantitative estimate of drug-likeness (QED) is 0.156. The largest absolute Gasteiger partial charge is 0.486 e. The van der Waals surface area contributed by atoms with Crippen molar-refractivity contribution in [3.05, 3.63) is 103 Å². The maximum atomic E-state index is 13.4. The van der Waals surface area contributed by atoms with Crippen molar-refractivity contribution in [1.82, 2.24) is 4.98 Å². The molecular weight excluding hydrogens is 516 g/mol. The number of benzene rings is 3. The van der Waals surface area contributed by atoms with Gasteiger partial charge in [-0.3, -0.25) is 19.7 Å². The van der Waals surface area contributed by atoms with Crippen molar-refractivity contribution < 1.29 is 19.2 Å². The van der Waals surface area contributed by atoms with E-state index in [9.17, 15) is 19.7 Å². The van der Waals surface area contributed by atoms with Crippen LogP contribution in [0.2, 0.25) is 0 Å². The summed E-state index contributed by atoms with van der Waals surface area (Å²) < 4.78 is 11.7. The number of hydrogen-bond donors (Lipinski definition) is 1. The van der Waals surface area contributed by atoms with Crippen LogP contribution in [0.3, 0.4) is 0 Å². The van der Waals surface area contributed by atoms with Crippen molar-refractivity contribution in [2.24, 2.45) is 0 Å². The average molecular weight is 533 g/mol. The van der Waals surface area contributed by atoms with Gasteiger partial charge < -0.3 is 14.5 Å². The molecule has 1 N–H and O–H groups in total. The van der Waals surface area contributed by atoms with E-state index >= 15 is 0 Å². The van der Waals surface area contributed by atoms with Crippen molar-refractivity contribution in [2.75, 3.05) is 13.2 Å². The first-order valence-corrected chi connectivity index (χ1v) is 11.4. The zero-order chi connectivity index (χ0) is 24.5. The molecule has 1 aliphatic rings. The van der Waals surface area contributed by atoms with Crippen LogP contribution in [0.15, 0.2) is 76.0 Å². The van der Waals surface area contributed by atoms with Gasteiger partial charge in [0.2, 0.25) is 0 Å². The molecule has 9 heteroatoms. The van der Waals surface area contributed by atoms with Crippen LogP contribution in [0, 0.1) is 10.1 Å². The molecule has 0 unspecified atom stereocenters. The molecule has 1 aromatic heterocycles. The van der Waals surface area contributed by atoms with Gasteiger partial charge in [-0.2, -0.15) is 0 Å². The number of H-pyrrole nitrogens is 1. The van der Waals surface area contributed by atoms with E-state index in [1.807, 2.05) is 36.4 Å². The molecule has 0 aliphatic carbocycles. The lowest BCUT2D eigenvalue weighted by Gasteiger charge is -2.18. The minimum atomic E-state index is -0.587. The van der Waals surface area contributed by atoms with Gasteiger partial charge >= 0.3 is 0 Å². The molecule has 5 rings (SSSR count). The second kappa shape index (κ2) is 9.19. The van der Waals surface area contributed by atoms with Crippen molar-refractivity contribution in [2.45, 2.75) is 0 Å². The smallest absolute Gasteiger partial charge is 0.280 e. The lowest BCUT2D eigenvalue weighted by atomic mass is 9.94. The summed E-state index contributed by atoms with van der Waals surface area (Å²) in [4.78, 5) is 40.3. The number of ketones is 1. The second-order valence-electron chi connectivity index (χ2n) is 7.77. The number of nitrogens with zero attached hydrogens (tertiary/aromatic N) is 1. The van der Waals surface area contributed by atoms with Crippen molar-refractivity contribution >= 4 is 44.4 Å². The summed E-state index contributed by atoms with van der Waals surface area (Å²) in [5, 5.41) is 12.3. The number of fused-ring (bicyclic) bond motifs is 2. The van der Waals surface area contributed by atoms with Crippen LogP contribution in [0.1, 0.15) is 15.9 Å². The van der Waals surface area contributed by atoms with Gasteiger partial charge in [-0.05, 0) is 42.0 Å². The molecule has 174 valence electrons. The van der Waals surface area contributed by atoms with Gasteiger partial charge in [-0.25, -0.2) is 0 Å². The van der Waals surface area contributed by atoms with E-state index in [2.05, 4.69) is 20.9 Å². The number of aromatic amines is 1. The predicted molar refractivity (Wildman–Crippen MR) is 135 cm³/mol. The standard InChI is InChI=1S/C26H17BrN2O6/c27-17-7-8-19-18(13-17)24(15-4-2-1-3-5-15)25(26(31)28-19)21(30)9-6-16-12-22-23(35-11-10-34-22)14-20(16)29(32)33/h1-9,12-14H,10-11H2,(H,28,31)/b9-6+. The van der Waals surface area contributed by atoms with Crippen molar-refractivity contribution in [1.29, 1.82) is 0 Å². The molecule has 35 heavy (non-hydrogen) atoms. The number of nitro benzene ring substituents is 1. The van der Waals surface area contributed by atoms with Crippen LogP contribution in [-0.4, -0.2) is 28.9 Å². The fourth-order valence-corrected chi connectivity index (χ4v) is 4.40. The molecule has 4 aromatic rings. The van der Waals surface area contributed by atoms with E-state index in [4.69, 9.17) is 9.47 Å². The SMILES string of the molecule is O=C(/C=C/c1cc2c(cc1[N+](=O)[O-])OCCO2)c1c(-c2ccccc2)c2cc(Br)ccc2[nH]c1=O. The van der Waals surface area contributed by atoms with Gasteiger partial charge in [-0.1, -0.05) is 46.3 Å². The van der Waals surface area contributed by atoms with Gasteiger partial charge in [0, 0.05) is 20.9 Å². The number of allylic oxidation sites excluding steroid dienone is 1. The first-order chi connectivity index (χ1) is 16.9. The third-order valence-electron chi connectivity index (χ3n) is 5.59. The number of hydrogen-bond acceptors (Lipinski definition) is 6. The fraction of sp³-hybridized carbons (Fsp3) is 0.0769. The maximum absolute atomic E-state index is 13.4. The Morgan fingerprint density at radius 1 is 1.03 bits per heavy atom. The molecule has 2 heterocycles. The van der Waals surface area contributed by atoms with E-state index in [-0.39, 0.29) is 22.6 Å². The summed E-state index contributed by atoms with van der Waals surface area (Å²) in [6.45, 7) is 0.607. The first-order valence-electron chi connectivity index (χ1n) is 10.6. The summed E-state index contributed by atoms with van der Waals surface area (Å²) in [5.74, 6) is 0.0397. The summed E-state index contributed by atoms with van der Waals surface area (Å²) in [5.41, 5.74) is 1.08. The van der Waals surface area contributed by atoms with Crippen LogP contribution in [0.4, 0.5) is 5.69 Å². The molecule has 0 atom stereocenters. The number of ether oxygens (including phenoxy) is 2. The lowest BCUT2D eigenvalue weighted by molar-refractivity contribution is -0.385. The number of halogens is 1. The van der Waals surface area contributed by atoms with Gasteiger partial charge in [0.25, 0.3) is 11.2 Å². The maximum Gasteiger partial charge on any atom is 0.280 e. The molecule has 0 saturated carbocycles. The Labute approximate surface area is 207 Å². The summed E-state index contributed by atoms with van der Waals surface area (Å²) in [6, 6.07) is 17.3. The number of carbonyl (C=O) groups is 1. The Morgan fingerprint density at radius 3 is 2.46 bits per heavy atom. The lowest BCUT2D eigenvalue weighted by Crippen LogP contribution is -2.18. The third-order valence-corrected chi connectivity index (χ3v) is 6.08. The molecular formula is C26H17BrN2O6. The fourth-order valence-electron chi connectivity index (χ4n) is 4.04. The number of carbonyl (C=O) groups excluding carboxylic acids is 1. The van der Waals surface area contributed by atoms with E-state index < -0.39 is 16.3 Å². The van der Waals surface area contributed by atoms with Crippen molar-refractivity contribution in [3.8, 4) is 22.6 Å². The minimum absolute atomic E-state index is 0.0572. The average Bonchev–Trinajstić information content (AvgIpc) is 2.86. The Kier molecular flexibility index (Phi) is 5.92. The molecule has 0 spiro atoms. The van der Waals surface area contributed by atoms with Crippen LogP contribution >= 0.6 is 15.9 Å². The number of aromatic nitrogens is 1. The number of nitrogens with one attached hydrogen (secondary N) is 1. The Hall–Kier alpha value is -4.24. The van der Waals surface area contributed by atoms with Crippen LogP contribution in [0.5, 0.6) is 11.5 Å². The molecule has 0 bridgehead atoms. The van der Waals surface area contributed by atoms with E-state index in [1.165, 1.54) is 24.3 Å². The molecule has 1 aliphatic heterocycles. The summed E-state index contributed by atoms with van der Waals surface area (Å²) in [6.07, 6.45) is 2.48. The van der Waals surface area contributed by atoms with Gasteiger partial charge in [0.1, 0.15) is 13.2 Å². The van der Waals surface area contributed by atoms with Gasteiger partial charge in [0.05, 0.1) is 22.1 Å². The highest BCUT2D eigenvalue weighted by molar-refractivity contribution is 9.10. The Bertz CT molecular complexity index is 1580. The van der Waals surface area contributed by atoms with E-state index in [1.54, 1.807) is 12.1 Å².